The Morgan fingerprint density at radius 1 is 1.10 bits per heavy atom. The van der Waals surface area contributed by atoms with Crippen molar-refractivity contribution in [2.45, 2.75) is 32.7 Å². The first-order chi connectivity index (χ1) is 10.3. The average Bonchev–Trinajstić information content (AvgIpc) is 2.53. The molecule has 0 saturated heterocycles. The van der Waals surface area contributed by atoms with Gasteiger partial charge in [-0.2, -0.15) is 0 Å². The van der Waals surface area contributed by atoms with Crippen molar-refractivity contribution in [1.82, 2.24) is 9.88 Å². The number of aromatic nitrogens is 1. The number of nitrogens with zero attached hydrogens (tertiary/aromatic N) is 2. The zero-order valence-corrected chi connectivity index (χ0v) is 12.5. The molecule has 0 aliphatic heterocycles. The van der Waals surface area contributed by atoms with Gasteiger partial charge >= 0.3 is 0 Å². The maximum Gasteiger partial charge on any atom is 0.222 e. The molecule has 2 aromatic rings. The van der Waals surface area contributed by atoms with E-state index < -0.39 is 0 Å². The zero-order valence-electron chi connectivity index (χ0n) is 12.5. The van der Waals surface area contributed by atoms with E-state index >= 15 is 0 Å². The van der Waals surface area contributed by atoms with Crippen LogP contribution in [0.15, 0.2) is 54.7 Å². The lowest BCUT2D eigenvalue weighted by atomic mass is 10.1. The van der Waals surface area contributed by atoms with E-state index in [1.807, 2.05) is 48.2 Å². The molecule has 3 nitrogen and oxygen atoms in total. The summed E-state index contributed by atoms with van der Waals surface area (Å²) in [5, 5.41) is 0. The highest BCUT2D eigenvalue weighted by Gasteiger charge is 2.13. The number of pyridine rings is 1. The van der Waals surface area contributed by atoms with Gasteiger partial charge in [0.2, 0.25) is 5.91 Å². The summed E-state index contributed by atoms with van der Waals surface area (Å²) in [5.41, 5.74) is 2.20. The van der Waals surface area contributed by atoms with Gasteiger partial charge in [-0.15, -0.1) is 0 Å². The van der Waals surface area contributed by atoms with E-state index in [1.165, 1.54) is 5.56 Å². The van der Waals surface area contributed by atoms with Gasteiger partial charge in [-0.25, -0.2) is 0 Å². The van der Waals surface area contributed by atoms with E-state index in [0.29, 0.717) is 19.5 Å². The number of amides is 1. The highest BCUT2D eigenvalue weighted by atomic mass is 16.2. The van der Waals surface area contributed by atoms with Crippen LogP contribution in [0.5, 0.6) is 0 Å². The van der Waals surface area contributed by atoms with Crippen molar-refractivity contribution < 1.29 is 4.79 Å². The Labute approximate surface area is 126 Å². The molecule has 0 N–H and O–H groups in total. The van der Waals surface area contributed by atoms with E-state index in [9.17, 15) is 4.79 Å². The third-order valence-electron chi connectivity index (χ3n) is 3.40. The molecule has 0 aliphatic carbocycles. The van der Waals surface area contributed by atoms with Gasteiger partial charge in [0, 0.05) is 37.8 Å². The predicted molar refractivity (Wildman–Crippen MR) is 84.7 cm³/mol. The van der Waals surface area contributed by atoms with Gasteiger partial charge < -0.3 is 4.90 Å². The Morgan fingerprint density at radius 2 is 1.86 bits per heavy atom. The summed E-state index contributed by atoms with van der Waals surface area (Å²) in [6.07, 6.45) is 4.08. The van der Waals surface area contributed by atoms with Crippen molar-refractivity contribution in [3.8, 4) is 0 Å². The smallest absolute Gasteiger partial charge is 0.222 e. The summed E-state index contributed by atoms with van der Waals surface area (Å²) in [4.78, 5) is 18.5. The fourth-order valence-electron chi connectivity index (χ4n) is 2.26. The molecule has 0 radical (unpaired) electrons. The molecule has 0 bridgehead atoms. The second kappa shape index (κ2) is 8.20. The summed E-state index contributed by atoms with van der Waals surface area (Å²) in [6, 6.07) is 16.0. The highest BCUT2D eigenvalue weighted by molar-refractivity contribution is 5.76. The molecule has 21 heavy (non-hydrogen) atoms. The molecule has 2 rings (SSSR count). The first-order valence-electron chi connectivity index (χ1n) is 7.51. The summed E-state index contributed by atoms with van der Waals surface area (Å²) in [5.74, 6) is 0.220. The summed E-state index contributed by atoms with van der Waals surface area (Å²) < 4.78 is 0. The third kappa shape index (κ3) is 5.03. The van der Waals surface area contributed by atoms with Crippen molar-refractivity contribution in [2.24, 2.45) is 0 Å². The first kappa shape index (κ1) is 15.2. The molecule has 1 aromatic heterocycles. The van der Waals surface area contributed by atoms with Crippen molar-refractivity contribution in [2.75, 3.05) is 6.54 Å². The number of carbonyl (C=O) groups is 1. The van der Waals surface area contributed by atoms with Crippen LogP contribution in [0.2, 0.25) is 0 Å². The van der Waals surface area contributed by atoms with Gasteiger partial charge in [0.1, 0.15) is 0 Å². The van der Waals surface area contributed by atoms with Gasteiger partial charge in [-0.05, 0) is 24.1 Å². The van der Waals surface area contributed by atoms with Crippen LogP contribution < -0.4 is 0 Å². The van der Waals surface area contributed by atoms with E-state index in [0.717, 1.165) is 18.5 Å². The maximum absolute atomic E-state index is 12.3. The molecule has 0 fully saturated rings. The molecule has 0 saturated carbocycles. The van der Waals surface area contributed by atoms with Crippen LogP contribution in [-0.4, -0.2) is 22.3 Å². The van der Waals surface area contributed by atoms with Gasteiger partial charge in [0.05, 0.1) is 0 Å². The highest BCUT2D eigenvalue weighted by Crippen LogP contribution is 2.08. The van der Waals surface area contributed by atoms with Gasteiger partial charge in [-0.1, -0.05) is 43.3 Å². The minimum absolute atomic E-state index is 0.220. The Kier molecular flexibility index (Phi) is 5.95. The number of hydrogen-bond acceptors (Lipinski definition) is 2. The predicted octanol–water partition coefficient (Wildman–Crippen LogP) is 3.45. The monoisotopic (exact) mass is 282 g/mol. The van der Waals surface area contributed by atoms with Crippen LogP contribution >= 0.6 is 0 Å². The van der Waals surface area contributed by atoms with Crippen LogP contribution in [0, 0.1) is 0 Å². The first-order valence-corrected chi connectivity index (χ1v) is 7.51. The number of hydrogen-bond donors (Lipinski definition) is 0. The quantitative estimate of drug-likeness (QED) is 0.779. The Bertz CT molecular complexity index is 540. The van der Waals surface area contributed by atoms with Gasteiger partial charge in [0.15, 0.2) is 0 Å². The van der Waals surface area contributed by atoms with E-state index in [2.05, 4.69) is 17.1 Å². The topological polar surface area (TPSA) is 33.2 Å². The molecule has 1 heterocycles. The lowest BCUT2D eigenvalue weighted by molar-refractivity contribution is -0.131. The van der Waals surface area contributed by atoms with Crippen LogP contribution in [0.4, 0.5) is 0 Å². The largest absolute Gasteiger partial charge is 0.338 e. The molecule has 0 atom stereocenters. The molecular weight excluding hydrogens is 260 g/mol. The molecule has 3 heteroatoms. The van der Waals surface area contributed by atoms with Gasteiger partial charge in [0.25, 0.3) is 0 Å². The molecule has 1 aromatic carbocycles. The SMILES string of the molecule is CCCC(=O)N(CCc1ccccn1)Cc1ccccc1. The fourth-order valence-corrected chi connectivity index (χ4v) is 2.26. The Morgan fingerprint density at radius 3 is 2.52 bits per heavy atom. The Balaban J connectivity index is 2.00. The molecule has 1 amide bonds. The second-order valence-electron chi connectivity index (χ2n) is 5.12. The van der Waals surface area contributed by atoms with Gasteiger partial charge in [-0.3, -0.25) is 9.78 Å². The standard InChI is InChI=1S/C18H22N2O/c1-2-8-18(21)20(15-16-9-4-3-5-10-16)14-12-17-11-6-7-13-19-17/h3-7,9-11,13H,2,8,12,14-15H2,1H3. The lowest BCUT2D eigenvalue weighted by Gasteiger charge is -2.22. The normalized spacial score (nSPS) is 10.3. The van der Waals surface area contributed by atoms with Crippen molar-refractivity contribution >= 4 is 5.91 Å². The summed E-state index contributed by atoms with van der Waals surface area (Å²) >= 11 is 0. The fraction of sp³-hybridized carbons (Fsp3) is 0.333. The average molecular weight is 282 g/mol. The van der Waals surface area contributed by atoms with Crippen LogP contribution in [0.3, 0.4) is 0 Å². The molecular formula is C18H22N2O. The lowest BCUT2D eigenvalue weighted by Crippen LogP contribution is -2.32. The maximum atomic E-state index is 12.3. The van der Waals surface area contributed by atoms with Crippen molar-refractivity contribution in [3.63, 3.8) is 0 Å². The minimum Gasteiger partial charge on any atom is -0.338 e. The molecule has 110 valence electrons. The van der Waals surface area contributed by atoms with E-state index in [4.69, 9.17) is 0 Å². The summed E-state index contributed by atoms with van der Waals surface area (Å²) in [6.45, 7) is 3.43. The number of benzene rings is 1. The van der Waals surface area contributed by atoms with Crippen LogP contribution in [0.1, 0.15) is 31.0 Å². The van der Waals surface area contributed by atoms with Crippen molar-refractivity contribution in [1.29, 1.82) is 0 Å². The summed E-state index contributed by atoms with van der Waals surface area (Å²) in [7, 11) is 0. The number of rotatable bonds is 7. The second-order valence-corrected chi connectivity index (χ2v) is 5.12. The number of carbonyl (C=O) groups excluding carboxylic acids is 1. The van der Waals surface area contributed by atoms with Crippen LogP contribution in [0.25, 0.3) is 0 Å². The molecule has 0 spiro atoms. The minimum atomic E-state index is 0.220. The van der Waals surface area contributed by atoms with Crippen LogP contribution in [-0.2, 0) is 17.8 Å². The third-order valence-corrected chi connectivity index (χ3v) is 3.40. The zero-order chi connectivity index (χ0) is 14.9. The van der Waals surface area contributed by atoms with E-state index in [1.54, 1.807) is 6.20 Å². The van der Waals surface area contributed by atoms with Crippen molar-refractivity contribution in [3.05, 3.63) is 66.0 Å². The molecule has 0 unspecified atom stereocenters. The van der Waals surface area contributed by atoms with E-state index in [-0.39, 0.29) is 5.91 Å². The molecule has 0 aliphatic rings. The Hall–Kier alpha value is -2.16.